The summed E-state index contributed by atoms with van der Waals surface area (Å²) in [5, 5.41) is 5.15. The van der Waals surface area contributed by atoms with Gasteiger partial charge < -0.3 is 36.6 Å². The van der Waals surface area contributed by atoms with Gasteiger partial charge in [-0.05, 0) is 21.9 Å². The molecular weight excluding hydrogens is 368 g/mol. The van der Waals surface area contributed by atoms with Gasteiger partial charge in [-0.1, -0.05) is 48.5 Å². The van der Waals surface area contributed by atoms with Crippen LogP contribution in [-0.2, 0) is 25.3 Å². The summed E-state index contributed by atoms with van der Waals surface area (Å²) in [6.07, 6.45) is 0. The minimum atomic E-state index is 0.909. The number of hydrogen-bond acceptors (Lipinski definition) is 4. The average Bonchev–Trinajstić information content (AvgIpc) is 3.17. The molecule has 0 saturated carbocycles. The van der Waals surface area contributed by atoms with Crippen LogP contribution in [0.25, 0.3) is 53.2 Å². The lowest BCUT2D eigenvalue weighted by atomic mass is 10.0. The molecule has 0 fully saturated rings. The van der Waals surface area contributed by atoms with E-state index >= 15 is 0 Å². The third kappa shape index (κ3) is 1.44. The Morgan fingerprint density at radius 1 is 0.500 bits per heavy atom. The summed E-state index contributed by atoms with van der Waals surface area (Å²) in [5.74, 6) is 0. The van der Waals surface area contributed by atoms with Crippen LogP contribution in [-0.4, -0.2) is 0 Å². The first-order chi connectivity index (χ1) is 11.8. The molecule has 1 aromatic heterocycles. The van der Waals surface area contributed by atoms with Gasteiger partial charge >= 0.3 is 0 Å². The zero-order valence-electron chi connectivity index (χ0n) is 12.3. The van der Waals surface area contributed by atoms with Gasteiger partial charge in [0.05, 0.1) is 0 Å². The molecule has 6 rings (SSSR count). The average molecular weight is 377 g/mol. The van der Waals surface area contributed by atoms with E-state index in [1.165, 1.54) is 53.2 Å². The van der Waals surface area contributed by atoms with Gasteiger partial charge in [0.1, 0.15) is 0 Å². The van der Waals surface area contributed by atoms with Crippen LogP contribution in [0.1, 0.15) is 0 Å². The maximum Gasteiger partial charge on any atom is 0.0440 e. The van der Waals surface area contributed by atoms with Crippen LogP contribution in [0.4, 0.5) is 0 Å². The molecule has 0 saturated heterocycles. The van der Waals surface area contributed by atoms with Crippen LogP contribution in [0.5, 0.6) is 0 Å². The van der Waals surface area contributed by atoms with Gasteiger partial charge in [-0.3, -0.25) is 0 Å². The Morgan fingerprint density at radius 2 is 0.917 bits per heavy atom. The molecule has 1 aliphatic heterocycles. The van der Waals surface area contributed by atoms with Crippen LogP contribution in [0.3, 0.4) is 0 Å². The summed E-state index contributed by atoms with van der Waals surface area (Å²) in [4.78, 5) is 0. The first-order valence-corrected chi connectivity index (χ1v) is 10.1. The van der Waals surface area contributed by atoms with Crippen molar-refractivity contribution in [1.29, 1.82) is 0 Å². The Kier molecular flexibility index (Phi) is 2.52. The van der Waals surface area contributed by atoms with Crippen molar-refractivity contribution in [2.45, 2.75) is 8.42 Å². The van der Waals surface area contributed by atoms with Gasteiger partial charge in [0, 0.05) is 31.3 Å². The molecule has 2 aromatic carbocycles. The second-order valence-electron chi connectivity index (χ2n) is 6.03. The van der Waals surface area contributed by atoms with Crippen molar-refractivity contribution in [3.8, 4) is 22.3 Å². The maximum absolute atomic E-state index is 5.79. The summed E-state index contributed by atoms with van der Waals surface area (Å²) in [7, 11) is 0. The third-order valence-corrected chi connectivity index (χ3v) is 7.83. The highest BCUT2D eigenvalue weighted by molar-refractivity contribution is 7.66. The first-order valence-electron chi connectivity index (χ1n) is 7.63. The Balaban J connectivity index is 2.03. The predicted molar refractivity (Wildman–Crippen MR) is 110 cm³/mol. The Bertz CT molecular complexity index is 1220. The van der Waals surface area contributed by atoms with E-state index in [1.807, 2.05) is 11.3 Å². The molecule has 3 aliphatic rings. The molecule has 2 aliphatic carbocycles. The number of rotatable bonds is 0. The van der Waals surface area contributed by atoms with Crippen LogP contribution in [0.15, 0.2) is 56.9 Å². The summed E-state index contributed by atoms with van der Waals surface area (Å²) in [6.45, 7) is 0. The molecule has 2 heterocycles. The van der Waals surface area contributed by atoms with E-state index in [9.17, 15) is 0 Å². The zero-order valence-corrected chi connectivity index (χ0v) is 15.5. The fourth-order valence-electron chi connectivity index (χ4n) is 3.97. The van der Waals surface area contributed by atoms with Crippen molar-refractivity contribution in [2.24, 2.45) is 0 Å². The van der Waals surface area contributed by atoms with Crippen molar-refractivity contribution in [2.75, 3.05) is 0 Å². The summed E-state index contributed by atoms with van der Waals surface area (Å²) < 4.78 is 4.52. The van der Waals surface area contributed by atoms with Crippen molar-refractivity contribution in [3.05, 3.63) is 48.5 Å². The molecule has 0 amide bonds. The normalized spacial score (nSPS) is 12.5. The molecular formula is C20H8S4-2. The van der Waals surface area contributed by atoms with Gasteiger partial charge in [0.25, 0.3) is 0 Å². The predicted octanol–water partition coefficient (Wildman–Crippen LogP) is 6.73. The van der Waals surface area contributed by atoms with E-state index in [1.54, 1.807) is 11.3 Å². The van der Waals surface area contributed by atoms with Gasteiger partial charge in [-0.25, -0.2) is 0 Å². The third-order valence-electron chi connectivity index (χ3n) is 4.88. The van der Waals surface area contributed by atoms with Gasteiger partial charge in [0.15, 0.2) is 0 Å². The molecule has 0 bridgehead atoms. The van der Waals surface area contributed by atoms with Crippen molar-refractivity contribution < 1.29 is 0 Å². The fourth-order valence-corrected chi connectivity index (χ4v) is 7.24. The molecule has 0 N–H and O–H groups in total. The monoisotopic (exact) mass is 376 g/mol. The largest absolute Gasteiger partial charge is 0.427 e. The standard InChI is InChI=1S/C20H10S4/c21-19-13-9-5-1-3-7-11(9)17-15(13)16-14(20(22)24-19)10-6-2-4-8-12(10)18(16)23-17/h1-8,21-22H/p-2. The number of fused-ring (bicyclic) bond motifs is 6. The summed E-state index contributed by atoms with van der Waals surface area (Å²) in [5.41, 5.74) is 5.06. The van der Waals surface area contributed by atoms with Gasteiger partial charge in [-0.15, -0.1) is 19.8 Å². The van der Waals surface area contributed by atoms with Crippen molar-refractivity contribution in [1.82, 2.24) is 0 Å². The van der Waals surface area contributed by atoms with Crippen LogP contribution < -0.4 is 0 Å². The highest BCUT2D eigenvalue weighted by Crippen LogP contribution is 2.59. The van der Waals surface area contributed by atoms with E-state index in [0.717, 1.165) is 8.42 Å². The highest BCUT2D eigenvalue weighted by atomic mass is 32.2. The molecule has 114 valence electrons. The topological polar surface area (TPSA) is 0 Å². The summed E-state index contributed by atoms with van der Waals surface area (Å²) in [6, 6.07) is 17.2. The molecule has 4 heteroatoms. The smallest absolute Gasteiger partial charge is 0.0440 e. The minimum Gasteiger partial charge on any atom is -0.427 e. The molecule has 0 unspecified atom stereocenters. The second kappa shape index (κ2) is 4.46. The highest BCUT2D eigenvalue weighted by Gasteiger charge is 2.28. The maximum atomic E-state index is 5.79. The first kappa shape index (κ1) is 13.6. The van der Waals surface area contributed by atoms with Crippen molar-refractivity contribution in [3.63, 3.8) is 0 Å². The Morgan fingerprint density at radius 3 is 1.38 bits per heavy atom. The molecule has 0 spiro atoms. The van der Waals surface area contributed by atoms with Crippen LogP contribution in [0.2, 0.25) is 0 Å². The van der Waals surface area contributed by atoms with E-state index in [0.29, 0.717) is 0 Å². The Labute approximate surface area is 157 Å². The van der Waals surface area contributed by atoms with E-state index in [2.05, 4.69) is 48.5 Å². The number of hydrogen-bond donors (Lipinski definition) is 0. The van der Waals surface area contributed by atoms with E-state index in [-0.39, 0.29) is 0 Å². The Hall–Kier alpha value is -1.72. The lowest BCUT2D eigenvalue weighted by Gasteiger charge is -2.07. The van der Waals surface area contributed by atoms with Gasteiger partial charge in [-0.2, -0.15) is 0 Å². The number of benzene rings is 2. The SMILES string of the molecule is [S-]c1sc([S-])c2c3ccccc3c3sc4c(c3-2)-c1c1ccccc14. The zero-order chi connectivity index (χ0) is 16.0. The molecule has 24 heavy (non-hydrogen) atoms. The molecule has 0 nitrogen and oxygen atoms in total. The van der Waals surface area contributed by atoms with Crippen LogP contribution in [0, 0.1) is 0 Å². The molecule has 0 radical (unpaired) electrons. The van der Waals surface area contributed by atoms with Gasteiger partial charge in [0.2, 0.25) is 0 Å². The minimum absolute atomic E-state index is 0.909. The fraction of sp³-hybridized carbons (Fsp3) is 0. The lowest BCUT2D eigenvalue weighted by molar-refractivity contribution is 1.74. The molecule has 3 aromatic rings. The molecule has 0 atom stereocenters. The second-order valence-corrected chi connectivity index (χ2v) is 9.40. The lowest BCUT2D eigenvalue weighted by Crippen LogP contribution is -1.76. The summed E-state index contributed by atoms with van der Waals surface area (Å²) >= 11 is 15.0. The van der Waals surface area contributed by atoms with E-state index in [4.69, 9.17) is 25.3 Å². The quantitative estimate of drug-likeness (QED) is 0.270. The number of thiophene rings is 1. The van der Waals surface area contributed by atoms with Crippen molar-refractivity contribution >= 4 is 78.9 Å². The van der Waals surface area contributed by atoms with E-state index < -0.39 is 0 Å². The van der Waals surface area contributed by atoms with Crippen LogP contribution >= 0.6 is 22.7 Å².